The van der Waals surface area contributed by atoms with Gasteiger partial charge in [0, 0.05) is 12.8 Å². The van der Waals surface area contributed by atoms with Crippen LogP contribution in [0.25, 0.3) is 0 Å². The lowest BCUT2D eigenvalue weighted by molar-refractivity contribution is -0.150. The number of esters is 1. The van der Waals surface area contributed by atoms with Crippen molar-refractivity contribution < 1.29 is 19.4 Å². The second kappa shape index (κ2) is 20.7. The zero-order chi connectivity index (χ0) is 20.9. The standard InChI is InChI=1S/C24H46O4/c1-3-5-7-9-11-14-18-22(28-24(27)21-17-8-6-4-2)19-15-12-10-13-16-20-23(25)26/h22H,3-21H2,1-2H3,(H,25,26). The highest BCUT2D eigenvalue weighted by Gasteiger charge is 2.14. The Hall–Kier alpha value is -1.06. The topological polar surface area (TPSA) is 63.6 Å². The molecule has 4 nitrogen and oxygen atoms in total. The molecule has 0 heterocycles. The van der Waals surface area contributed by atoms with Crippen LogP contribution in [0.2, 0.25) is 0 Å². The molecular formula is C24H46O4. The molecule has 0 aromatic rings. The van der Waals surface area contributed by atoms with Gasteiger partial charge in [-0.3, -0.25) is 9.59 Å². The molecule has 1 N–H and O–H groups in total. The maximum atomic E-state index is 12.2. The molecule has 0 saturated heterocycles. The first kappa shape index (κ1) is 26.9. The zero-order valence-corrected chi connectivity index (χ0v) is 18.7. The number of hydrogen-bond donors (Lipinski definition) is 1. The average Bonchev–Trinajstić information content (AvgIpc) is 2.66. The van der Waals surface area contributed by atoms with E-state index in [0.29, 0.717) is 6.42 Å². The molecule has 1 unspecified atom stereocenters. The third kappa shape index (κ3) is 19.7. The van der Waals surface area contributed by atoms with Crippen molar-refractivity contribution in [3.63, 3.8) is 0 Å². The third-order valence-corrected chi connectivity index (χ3v) is 5.33. The average molecular weight is 399 g/mol. The molecular weight excluding hydrogens is 352 g/mol. The molecule has 0 saturated carbocycles. The van der Waals surface area contributed by atoms with Gasteiger partial charge in [0.1, 0.15) is 6.10 Å². The summed E-state index contributed by atoms with van der Waals surface area (Å²) in [5.74, 6) is -0.724. The normalized spacial score (nSPS) is 12.1. The maximum Gasteiger partial charge on any atom is 0.306 e. The van der Waals surface area contributed by atoms with Gasteiger partial charge in [-0.25, -0.2) is 0 Å². The summed E-state index contributed by atoms with van der Waals surface area (Å²) in [6.07, 6.45) is 19.8. The predicted octanol–water partition coefficient (Wildman–Crippen LogP) is 7.43. The molecule has 0 aliphatic rings. The lowest BCUT2D eigenvalue weighted by Gasteiger charge is -2.18. The minimum Gasteiger partial charge on any atom is -0.481 e. The lowest BCUT2D eigenvalue weighted by atomic mass is 10.0. The first-order valence-corrected chi connectivity index (χ1v) is 12.0. The zero-order valence-electron chi connectivity index (χ0n) is 18.7. The van der Waals surface area contributed by atoms with E-state index in [2.05, 4.69) is 13.8 Å². The number of carbonyl (C=O) groups is 2. The molecule has 0 rings (SSSR count). The monoisotopic (exact) mass is 398 g/mol. The van der Waals surface area contributed by atoms with Gasteiger partial charge in [0.25, 0.3) is 0 Å². The number of carboxylic acids is 1. The summed E-state index contributed by atoms with van der Waals surface area (Å²) in [7, 11) is 0. The molecule has 4 heteroatoms. The molecule has 1 atom stereocenters. The van der Waals surface area contributed by atoms with Crippen LogP contribution in [-0.2, 0) is 14.3 Å². The Bertz CT molecular complexity index is 368. The highest BCUT2D eigenvalue weighted by molar-refractivity contribution is 5.69. The Morgan fingerprint density at radius 2 is 1.07 bits per heavy atom. The molecule has 0 radical (unpaired) electrons. The van der Waals surface area contributed by atoms with Gasteiger partial charge in [0.05, 0.1) is 0 Å². The quantitative estimate of drug-likeness (QED) is 0.161. The van der Waals surface area contributed by atoms with Gasteiger partial charge >= 0.3 is 11.9 Å². The Morgan fingerprint density at radius 1 is 0.643 bits per heavy atom. The molecule has 0 amide bonds. The van der Waals surface area contributed by atoms with Crippen molar-refractivity contribution in [1.29, 1.82) is 0 Å². The fraction of sp³-hybridized carbons (Fsp3) is 0.917. The first-order chi connectivity index (χ1) is 13.6. The van der Waals surface area contributed by atoms with Crippen LogP contribution in [0, 0.1) is 0 Å². The number of carboxylic acid groups (broad SMARTS) is 1. The van der Waals surface area contributed by atoms with Gasteiger partial charge < -0.3 is 9.84 Å². The Balaban J connectivity index is 4.02. The van der Waals surface area contributed by atoms with Crippen molar-refractivity contribution in [3.05, 3.63) is 0 Å². The van der Waals surface area contributed by atoms with Crippen LogP contribution in [0.3, 0.4) is 0 Å². The summed E-state index contributed by atoms with van der Waals surface area (Å²) >= 11 is 0. The molecule has 0 aromatic heterocycles. The molecule has 0 aliphatic heterocycles. The highest BCUT2D eigenvalue weighted by Crippen LogP contribution is 2.18. The minimum absolute atomic E-state index is 0.0199. The Kier molecular flexibility index (Phi) is 19.9. The molecule has 0 aromatic carbocycles. The van der Waals surface area contributed by atoms with Gasteiger partial charge in [0.15, 0.2) is 0 Å². The van der Waals surface area contributed by atoms with Gasteiger partial charge in [-0.05, 0) is 38.5 Å². The van der Waals surface area contributed by atoms with Gasteiger partial charge in [-0.1, -0.05) is 84.5 Å². The van der Waals surface area contributed by atoms with E-state index >= 15 is 0 Å². The smallest absolute Gasteiger partial charge is 0.306 e. The number of hydrogen-bond acceptors (Lipinski definition) is 3. The van der Waals surface area contributed by atoms with E-state index < -0.39 is 5.97 Å². The van der Waals surface area contributed by atoms with E-state index in [0.717, 1.165) is 64.2 Å². The summed E-state index contributed by atoms with van der Waals surface area (Å²) in [6.45, 7) is 4.41. The first-order valence-electron chi connectivity index (χ1n) is 12.0. The van der Waals surface area contributed by atoms with Crippen molar-refractivity contribution in [2.24, 2.45) is 0 Å². The summed E-state index contributed by atoms with van der Waals surface area (Å²) in [6, 6.07) is 0. The molecule has 0 spiro atoms. The summed E-state index contributed by atoms with van der Waals surface area (Å²) in [5.41, 5.74) is 0. The fourth-order valence-electron chi connectivity index (χ4n) is 3.53. The summed E-state index contributed by atoms with van der Waals surface area (Å²) in [5, 5.41) is 8.67. The predicted molar refractivity (Wildman–Crippen MR) is 117 cm³/mol. The van der Waals surface area contributed by atoms with E-state index in [1.807, 2.05) is 0 Å². The third-order valence-electron chi connectivity index (χ3n) is 5.33. The van der Waals surface area contributed by atoms with E-state index in [1.165, 1.54) is 44.9 Å². The summed E-state index contributed by atoms with van der Waals surface area (Å²) in [4.78, 5) is 22.7. The van der Waals surface area contributed by atoms with Crippen LogP contribution in [0.4, 0.5) is 0 Å². The van der Waals surface area contributed by atoms with Crippen LogP contribution >= 0.6 is 0 Å². The van der Waals surface area contributed by atoms with Crippen molar-refractivity contribution >= 4 is 11.9 Å². The maximum absolute atomic E-state index is 12.2. The highest BCUT2D eigenvalue weighted by atomic mass is 16.5. The number of rotatable bonds is 21. The number of aliphatic carboxylic acids is 1. The van der Waals surface area contributed by atoms with E-state index in [1.54, 1.807) is 0 Å². The molecule has 166 valence electrons. The van der Waals surface area contributed by atoms with Crippen molar-refractivity contribution in [1.82, 2.24) is 0 Å². The van der Waals surface area contributed by atoms with Gasteiger partial charge in [-0.2, -0.15) is 0 Å². The van der Waals surface area contributed by atoms with E-state index in [9.17, 15) is 9.59 Å². The van der Waals surface area contributed by atoms with Crippen LogP contribution in [-0.4, -0.2) is 23.1 Å². The van der Waals surface area contributed by atoms with E-state index in [4.69, 9.17) is 9.84 Å². The van der Waals surface area contributed by atoms with Gasteiger partial charge in [0.2, 0.25) is 0 Å². The second-order valence-electron chi connectivity index (χ2n) is 8.18. The van der Waals surface area contributed by atoms with Crippen molar-refractivity contribution in [2.75, 3.05) is 0 Å². The lowest BCUT2D eigenvalue weighted by Crippen LogP contribution is -2.18. The SMILES string of the molecule is CCCCCCCCC(CCCCCCCC(=O)O)OC(=O)CCCCCC. The molecule has 0 fully saturated rings. The number of unbranched alkanes of at least 4 members (excludes halogenated alkanes) is 12. The van der Waals surface area contributed by atoms with Gasteiger partial charge in [-0.15, -0.1) is 0 Å². The molecule has 0 aliphatic carbocycles. The van der Waals surface area contributed by atoms with Crippen molar-refractivity contribution in [2.45, 2.75) is 142 Å². The summed E-state index contributed by atoms with van der Waals surface area (Å²) < 4.78 is 5.80. The Morgan fingerprint density at radius 3 is 1.61 bits per heavy atom. The molecule has 0 bridgehead atoms. The minimum atomic E-state index is -0.704. The fourth-order valence-corrected chi connectivity index (χ4v) is 3.53. The van der Waals surface area contributed by atoms with Crippen LogP contribution in [0.5, 0.6) is 0 Å². The van der Waals surface area contributed by atoms with E-state index in [-0.39, 0.29) is 18.5 Å². The largest absolute Gasteiger partial charge is 0.481 e. The second-order valence-corrected chi connectivity index (χ2v) is 8.18. The molecule has 28 heavy (non-hydrogen) atoms. The van der Waals surface area contributed by atoms with Crippen LogP contribution < -0.4 is 0 Å². The van der Waals surface area contributed by atoms with Crippen molar-refractivity contribution in [3.8, 4) is 0 Å². The number of ether oxygens (including phenoxy) is 1. The Labute approximate surface area is 173 Å². The van der Waals surface area contributed by atoms with Crippen LogP contribution in [0.1, 0.15) is 136 Å². The number of carbonyl (C=O) groups excluding carboxylic acids is 1. The van der Waals surface area contributed by atoms with Crippen LogP contribution in [0.15, 0.2) is 0 Å².